The Morgan fingerprint density at radius 2 is 1.74 bits per heavy atom. The van der Waals surface area contributed by atoms with E-state index >= 15 is 0 Å². The van der Waals surface area contributed by atoms with Crippen LogP contribution in [-0.4, -0.2) is 13.9 Å². The van der Waals surface area contributed by atoms with Crippen LogP contribution in [0.2, 0.25) is 0 Å². The number of methoxy groups -OCH3 is 1. The molecule has 0 aliphatic heterocycles. The molecule has 0 saturated carbocycles. The van der Waals surface area contributed by atoms with Crippen LogP contribution in [-0.2, 0) is 4.74 Å². The summed E-state index contributed by atoms with van der Waals surface area (Å²) in [6.45, 7) is 4.49. The van der Waals surface area contributed by atoms with Crippen LogP contribution in [0.15, 0.2) is 54.6 Å². The Morgan fingerprint density at radius 3 is 2.52 bits per heavy atom. The number of rotatable bonds is 4. The maximum atomic E-state index is 5.78. The van der Waals surface area contributed by atoms with E-state index in [1.54, 1.807) is 7.11 Å². The molecule has 0 radical (unpaired) electrons. The van der Waals surface area contributed by atoms with E-state index in [1.807, 2.05) is 6.07 Å². The van der Waals surface area contributed by atoms with E-state index in [-0.39, 0.29) is 27.1 Å². The third-order valence-electron chi connectivity index (χ3n) is 3.87. The predicted octanol–water partition coefficient (Wildman–Crippen LogP) is 2.22. The zero-order valence-electron chi connectivity index (χ0n) is 15.2. The zero-order chi connectivity index (χ0) is 15.5. The Labute approximate surface area is 151 Å². The summed E-state index contributed by atoms with van der Waals surface area (Å²) in [4.78, 5) is 0. The summed E-state index contributed by atoms with van der Waals surface area (Å²) in [6, 6.07) is 19.1. The van der Waals surface area contributed by atoms with Gasteiger partial charge in [-0.1, -0.05) is 48.0 Å². The van der Waals surface area contributed by atoms with Gasteiger partial charge in [-0.15, -0.1) is 0 Å². The summed E-state index contributed by atoms with van der Waals surface area (Å²) in [5.41, 5.74) is 4.80. The van der Waals surface area contributed by atoms with Crippen LogP contribution in [0.3, 0.4) is 0 Å². The SMILES string of the molecule is COCOc1ccc(C)cc1-c1c(C)ccc2ccccc12.[H-].[Li+]. The molecule has 0 unspecified atom stereocenters. The fourth-order valence-electron chi connectivity index (χ4n) is 2.83. The normalized spacial score (nSPS) is 10.4. The Kier molecular flexibility index (Phi) is 5.90. The van der Waals surface area contributed by atoms with Gasteiger partial charge in [-0.25, -0.2) is 0 Å². The molecule has 3 rings (SSSR count). The first-order chi connectivity index (χ1) is 10.7. The summed E-state index contributed by atoms with van der Waals surface area (Å²) < 4.78 is 10.8. The predicted molar refractivity (Wildman–Crippen MR) is 92.5 cm³/mol. The molecule has 3 aromatic carbocycles. The summed E-state index contributed by atoms with van der Waals surface area (Å²) in [5.74, 6) is 0.854. The first-order valence-corrected chi connectivity index (χ1v) is 7.42. The molecule has 0 N–H and O–H groups in total. The number of fused-ring (bicyclic) bond motifs is 1. The van der Waals surface area contributed by atoms with Crippen LogP contribution >= 0.6 is 0 Å². The fourth-order valence-corrected chi connectivity index (χ4v) is 2.83. The van der Waals surface area contributed by atoms with Crippen molar-refractivity contribution < 1.29 is 29.8 Å². The number of benzene rings is 3. The molecule has 0 saturated heterocycles. The molecule has 3 heteroatoms. The van der Waals surface area contributed by atoms with Crippen LogP contribution in [0, 0.1) is 13.8 Å². The van der Waals surface area contributed by atoms with Crippen LogP contribution in [0.1, 0.15) is 12.6 Å². The van der Waals surface area contributed by atoms with Gasteiger partial charge in [-0.05, 0) is 47.9 Å². The second kappa shape index (κ2) is 7.70. The van der Waals surface area contributed by atoms with Crippen molar-refractivity contribution in [1.29, 1.82) is 0 Å². The summed E-state index contributed by atoms with van der Waals surface area (Å²) in [7, 11) is 1.64. The number of ether oxygens (including phenoxy) is 2. The summed E-state index contributed by atoms with van der Waals surface area (Å²) >= 11 is 0. The second-order valence-corrected chi connectivity index (χ2v) is 5.53. The molecular formula is C20H21LiO2. The van der Waals surface area contributed by atoms with Gasteiger partial charge >= 0.3 is 18.9 Å². The van der Waals surface area contributed by atoms with Gasteiger partial charge in [-0.2, -0.15) is 0 Å². The second-order valence-electron chi connectivity index (χ2n) is 5.53. The van der Waals surface area contributed by atoms with Gasteiger partial charge in [0.2, 0.25) is 0 Å². The van der Waals surface area contributed by atoms with Crippen molar-refractivity contribution in [2.75, 3.05) is 13.9 Å². The molecule has 0 aliphatic carbocycles. The van der Waals surface area contributed by atoms with E-state index in [0.717, 1.165) is 11.3 Å². The van der Waals surface area contributed by atoms with Gasteiger partial charge in [0, 0.05) is 12.7 Å². The Bertz CT molecular complexity index is 818. The molecule has 0 spiro atoms. The van der Waals surface area contributed by atoms with E-state index in [1.165, 1.54) is 27.5 Å². The molecule has 3 aromatic rings. The van der Waals surface area contributed by atoms with Gasteiger partial charge < -0.3 is 10.9 Å². The monoisotopic (exact) mass is 300 g/mol. The van der Waals surface area contributed by atoms with Crippen LogP contribution < -0.4 is 23.6 Å². The van der Waals surface area contributed by atoms with Crippen molar-refractivity contribution in [1.82, 2.24) is 0 Å². The smallest absolute Gasteiger partial charge is 1.00 e. The molecule has 0 aromatic heterocycles. The van der Waals surface area contributed by atoms with E-state index in [0.29, 0.717) is 0 Å². The first kappa shape index (κ1) is 17.6. The minimum absolute atomic E-state index is 0. The van der Waals surface area contributed by atoms with E-state index in [4.69, 9.17) is 9.47 Å². The zero-order valence-corrected chi connectivity index (χ0v) is 14.2. The Hall–Kier alpha value is -1.72. The molecule has 0 heterocycles. The van der Waals surface area contributed by atoms with Gasteiger partial charge in [-0.3, -0.25) is 0 Å². The van der Waals surface area contributed by atoms with Crippen molar-refractivity contribution in [3.8, 4) is 16.9 Å². The topological polar surface area (TPSA) is 18.5 Å². The average molecular weight is 300 g/mol. The molecule has 2 nitrogen and oxygen atoms in total. The average Bonchev–Trinajstić information content (AvgIpc) is 2.53. The minimum Gasteiger partial charge on any atom is -1.00 e. The van der Waals surface area contributed by atoms with Crippen molar-refractivity contribution in [3.05, 3.63) is 65.7 Å². The van der Waals surface area contributed by atoms with E-state index in [9.17, 15) is 0 Å². The third kappa shape index (κ3) is 3.62. The van der Waals surface area contributed by atoms with E-state index in [2.05, 4.69) is 62.4 Å². The van der Waals surface area contributed by atoms with Crippen LogP contribution in [0.5, 0.6) is 5.75 Å². The molecule has 0 atom stereocenters. The molecule has 0 amide bonds. The van der Waals surface area contributed by atoms with Gasteiger partial charge in [0.05, 0.1) is 0 Å². The number of aryl methyl sites for hydroxylation is 2. The Balaban J connectivity index is 0.00000144. The van der Waals surface area contributed by atoms with Crippen molar-refractivity contribution in [3.63, 3.8) is 0 Å². The van der Waals surface area contributed by atoms with Crippen LogP contribution in [0.4, 0.5) is 0 Å². The largest absolute Gasteiger partial charge is 1.00 e. The van der Waals surface area contributed by atoms with Gasteiger partial charge in [0.15, 0.2) is 6.79 Å². The standard InChI is InChI=1S/C20H20O2.Li.H/c1-14-8-11-19(22-13-21-3)18(12-14)20-15(2)9-10-16-6-4-5-7-17(16)20;;/h4-12H,13H2,1-3H3;;/q;+1;-1. The molecule has 114 valence electrons. The van der Waals surface area contributed by atoms with Crippen molar-refractivity contribution in [2.45, 2.75) is 13.8 Å². The number of hydrogen-bond acceptors (Lipinski definition) is 2. The number of hydrogen-bond donors (Lipinski definition) is 0. The summed E-state index contributed by atoms with van der Waals surface area (Å²) in [5, 5.41) is 2.48. The van der Waals surface area contributed by atoms with Crippen molar-refractivity contribution >= 4 is 10.8 Å². The third-order valence-corrected chi connectivity index (χ3v) is 3.87. The Morgan fingerprint density at radius 1 is 0.957 bits per heavy atom. The van der Waals surface area contributed by atoms with Gasteiger partial charge in [0.25, 0.3) is 0 Å². The quantitative estimate of drug-likeness (QED) is 0.543. The van der Waals surface area contributed by atoms with Crippen LogP contribution in [0.25, 0.3) is 21.9 Å². The maximum Gasteiger partial charge on any atom is 1.00 e. The first-order valence-electron chi connectivity index (χ1n) is 7.42. The molecule has 0 fully saturated rings. The molecular weight excluding hydrogens is 279 g/mol. The van der Waals surface area contributed by atoms with Gasteiger partial charge in [0.1, 0.15) is 5.75 Å². The minimum atomic E-state index is 0. The fraction of sp³-hybridized carbons (Fsp3) is 0.200. The molecule has 0 aliphatic rings. The molecule has 0 bridgehead atoms. The summed E-state index contributed by atoms with van der Waals surface area (Å²) in [6.07, 6.45) is 0. The van der Waals surface area contributed by atoms with E-state index < -0.39 is 0 Å². The molecule has 23 heavy (non-hydrogen) atoms. The van der Waals surface area contributed by atoms with Crippen molar-refractivity contribution in [2.24, 2.45) is 0 Å². The maximum absolute atomic E-state index is 5.78.